The molecule has 0 saturated carbocycles. The summed E-state index contributed by atoms with van der Waals surface area (Å²) >= 11 is 0. The average Bonchev–Trinajstić information content (AvgIpc) is 2.59. The third-order valence-corrected chi connectivity index (χ3v) is 2.86. The summed E-state index contributed by atoms with van der Waals surface area (Å²) in [4.78, 5) is 22.1. The van der Waals surface area contributed by atoms with Crippen molar-refractivity contribution in [2.45, 2.75) is 6.61 Å². The van der Waals surface area contributed by atoms with Crippen molar-refractivity contribution in [2.24, 2.45) is 0 Å². The third kappa shape index (κ3) is 4.46. The van der Waals surface area contributed by atoms with Gasteiger partial charge in [-0.15, -0.1) is 0 Å². The molecule has 0 amide bonds. The van der Waals surface area contributed by atoms with Gasteiger partial charge >= 0.3 is 5.97 Å². The van der Waals surface area contributed by atoms with Crippen LogP contribution in [0.1, 0.15) is 21.5 Å². The van der Waals surface area contributed by atoms with Gasteiger partial charge < -0.3 is 9.47 Å². The highest BCUT2D eigenvalue weighted by molar-refractivity contribution is 5.75. The van der Waals surface area contributed by atoms with Gasteiger partial charge in [-0.3, -0.25) is 4.79 Å². The summed E-state index contributed by atoms with van der Waals surface area (Å²) in [6.07, 6.45) is 0.732. The Balaban J connectivity index is 1.77. The lowest BCUT2D eigenvalue weighted by Gasteiger charge is -2.07. The van der Waals surface area contributed by atoms with Crippen LogP contribution in [-0.2, 0) is 16.1 Å². The SMILES string of the molecule is N#Cc1ccc(COC(=O)COc2ccc(C=O)cc2)cc1. The fourth-order valence-electron chi connectivity index (χ4n) is 1.67. The molecule has 2 aromatic rings. The molecule has 110 valence electrons. The van der Waals surface area contributed by atoms with Crippen LogP contribution in [0.3, 0.4) is 0 Å². The van der Waals surface area contributed by atoms with Gasteiger partial charge in [-0.1, -0.05) is 12.1 Å². The van der Waals surface area contributed by atoms with Crippen LogP contribution in [0.4, 0.5) is 0 Å². The van der Waals surface area contributed by atoms with Crippen molar-refractivity contribution in [3.63, 3.8) is 0 Å². The lowest BCUT2D eigenvalue weighted by molar-refractivity contribution is -0.147. The first-order valence-corrected chi connectivity index (χ1v) is 6.54. The zero-order chi connectivity index (χ0) is 15.8. The normalized spacial score (nSPS) is 9.59. The Morgan fingerprint density at radius 2 is 1.77 bits per heavy atom. The van der Waals surface area contributed by atoms with Crippen LogP contribution in [0.2, 0.25) is 0 Å². The first kappa shape index (κ1) is 15.3. The zero-order valence-corrected chi connectivity index (χ0v) is 11.7. The number of carbonyl (C=O) groups excluding carboxylic acids is 2. The van der Waals surface area contributed by atoms with Crippen LogP contribution in [-0.4, -0.2) is 18.9 Å². The minimum atomic E-state index is -0.496. The number of nitrogens with zero attached hydrogens (tertiary/aromatic N) is 1. The molecule has 0 aliphatic rings. The van der Waals surface area contributed by atoms with E-state index in [0.717, 1.165) is 11.8 Å². The van der Waals surface area contributed by atoms with Gasteiger partial charge in [0, 0.05) is 5.56 Å². The predicted octanol–water partition coefficient (Wildman–Crippen LogP) is 2.49. The molecule has 0 heterocycles. The lowest BCUT2D eigenvalue weighted by atomic mass is 10.2. The monoisotopic (exact) mass is 295 g/mol. The van der Waals surface area contributed by atoms with Gasteiger partial charge in [-0.2, -0.15) is 5.26 Å². The Morgan fingerprint density at radius 1 is 1.09 bits per heavy atom. The second-order valence-electron chi connectivity index (χ2n) is 4.44. The van der Waals surface area contributed by atoms with Crippen LogP contribution in [0.5, 0.6) is 5.75 Å². The second-order valence-corrected chi connectivity index (χ2v) is 4.44. The number of aldehydes is 1. The molecule has 0 N–H and O–H groups in total. The maximum absolute atomic E-state index is 11.6. The van der Waals surface area contributed by atoms with E-state index in [1.165, 1.54) is 0 Å². The standard InChI is InChI=1S/C17H13NO4/c18-9-13-1-3-15(4-2-13)11-22-17(20)12-21-16-7-5-14(10-19)6-8-16/h1-8,10H,11-12H2. The number of nitriles is 1. The summed E-state index contributed by atoms with van der Waals surface area (Å²) in [5.74, 6) is -0.00949. The van der Waals surface area contributed by atoms with Crippen LogP contribution >= 0.6 is 0 Å². The predicted molar refractivity (Wildman–Crippen MR) is 78.3 cm³/mol. The van der Waals surface area contributed by atoms with E-state index in [1.54, 1.807) is 48.5 Å². The zero-order valence-electron chi connectivity index (χ0n) is 11.7. The average molecular weight is 295 g/mol. The van der Waals surface area contributed by atoms with Crippen molar-refractivity contribution in [2.75, 3.05) is 6.61 Å². The van der Waals surface area contributed by atoms with Gasteiger partial charge in [-0.05, 0) is 42.0 Å². The molecule has 0 saturated heterocycles. The molecule has 22 heavy (non-hydrogen) atoms. The van der Waals surface area contributed by atoms with Crippen molar-refractivity contribution in [3.8, 4) is 11.8 Å². The molecule has 0 aliphatic carbocycles. The van der Waals surface area contributed by atoms with E-state index in [0.29, 0.717) is 16.9 Å². The maximum atomic E-state index is 11.6. The number of benzene rings is 2. The summed E-state index contributed by atoms with van der Waals surface area (Å²) in [6, 6.07) is 15.2. The quantitative estimate of drug-likeness (QED) is 0.604. The highest BCUT2D eigenvalue weighted by Crippen LogP contribution is 2.11. The first-order valence-electron chi connectivity index (χ1n) is 6.54. The summed E-state index contributed by atoms with van der Waals surface area (Å²) < 4.78 is 10.3. The summed E-state index contributed by atoms with van der Waals surface area (Å²) in [5.41, 5.74) is 1.88. The van der Waals surface area contributed by atoms with Crippen molar-refractivity contribution in [1.29, 1.82) is 5.26 Å². The van der Waals surface area contributed by atoms with Gasteiger partial charge in [0.2, 0.25) is 0 Å². The summed E-state index contributed by atoms with van der Waals surface area (Å²) in [5, 5.41) is 8.69. The van der Waals surface area contributed by atoms with Gasteiger partial charge in [0.15, 0.2) is 6.61 Å². The summed E-state index contributed by atoms with van der Waals surface area (Å²) in [6.45, 7) is -0.0886. The molecule has 0 aliphatic heterocycles. The molecule has 0 spiro atoms. The van der Waals surface area contributed by atoms with Crippen molar-refractivity contribution < 1.29 is 19.1 Å². The van der Waals surface area contributed by atoms with Gasteiger partial charge in [-0.25, -0.2) is 4.79 Å². The number of rotatable bonds is 6. The number of hydrogen-bond donors (Lipinski definition) is 0. The molecule has 5 nitrogen and oxygen atoms in total. The van der Waals surface area contributed by atoms with E-state index in [2.05, 4.69) is 0 Å². The van der Waals surface area contributed by atoms with Crippen LogP contribution in [0.25, 0.3) is 0 Å². The fraction of sp³-hybridized carbons (Fsp3) is 0.118. The van der Waals surface area contributed by atoms with E-state index in [1.807, 2.05) is 6.07 Å². The number of carbonyl (C=O) groups is 2. The Labute approximate surface area is 127 Å². The van der Waals surface area contributed by atoms with Crippen molar-refractivity contribution in [3.05, 3.63) is 65.2 Å². The molecule has 2 rings (SSSR count). The lowest BCUT2D eigenvalue weighted by Crippen LogP contribution is -2.14. The Bertz CT molecular complexity index is 684. The van der Waals surface area contributed by atoms with Gasteiger partial charge in [0.25, 0.3) is 0 Å². The number of esters is 1. The molecular weight excluding hydrogens is 282 g/mol. The molecule has 5 heteroatoms. The van der Waals surface area contributed by atoms with Crippen LogP contribution < -0.4 is 4.74 Å². The number of ether oxygens (including phenoxy) is 2. The van der Waals surface area contributed by atoms with Crippen LogP contribution in [0, 0.1) is 11.3 Å². The Hall–Kier alpha value is -3.13. The minimum Gasteiger partial charge on any atom is -0.482 e. The summed E-state index contributed by atoms with van der Waals surface area (Å²) in [7, 11) is 0. The highest BCUT2D eigenvalue weighted by Gasteiger charge is 2.05. The topological polar surface area (TPSA) is 76.4 Å². The molecule has 0 unspecified atom stereocenters. The van der Waals surface area contributed by atoms with E-state index in [9.17, 15) is 9.59 Å². The minimum absolute atomic E-state index is 0.123. The highest BCUT2D eigenvalue weighted by atomic mass is 16.6. The Kier molecular flexibility index (Phi) is 5.27. The Morgan fingerprint density at radius 3 is 2.36 bits per heavy atom. The smallest absolute Gasteiger partial charge is 0.344 e. The molecule has 0 bridgehead atoms. The van der Waals surface area contributed by atoms with Gasteiger partial charge in [0.05, 0.1) is 11.6 Å². The van der Waals surface area contributed by atoms with E-state index in [4.69, 9.17) is 14.7 Å². The maximum Gasteiger partial charge on any atom is 0.344 e. The molecular formula is C17H13NO4. The molecule has 0 fully saturated rings. The van der Waals surface area contributed by atoms with Crippen molar-refractivity contribution >= 4 is 12.3 Å². The third-order valence-electron chi connectivity index (χ3n) is 2.86. The van der Waals surface area contributed by atoms with E-state index >= 15 is 0 Å². The molecule has 0 radical (unpaired) electrons. The first-order chi connectivity index (χ1) is 10.7. The molecule has 2 aromatic carbocycles. The van der Waals surface area contributed by atoms with Gasteiger partial charge in [0.1, 0.15) is 18.6 Å². The van der Waals surface area contributed by atoms with Crippen LogP contribution in [0.15, 0.2) is 48.5 Å². The van der Waals surface area contributed by atoms with E-state index in [-0.39, 0.29) is 13.2 Å². The van der Waals surface area contributed by atoms with E-state index < -0.39 is 5.97 Å². The fourth-order valence-corrected chi connectivity index (χ4v) is 1.67. The number of hydrogen-bond acceptors (Lipinski definition) is 5. The largest absolute Gasteiger partial charge is 0.482 e. The van der Waals surface area contributed by atoms with Crippen molar-refractivity contribution in [1.82, 2.24) is 0 Å². The molecule has 0 atom stereocenters. The molecule has 0 aromatic heterocycles. The second kappa shape index (κ2) is 7.60.